The molecule has 0 bridgehead atoms. The number of aromatic nitrogens is 2. The molecule has 212 valence electrons. The first-order chi connectivity index (χ1) is 18.5. The number of aryl methyl sites for hydroxylation is 1. The fourth-order valence-electron chi connectivity index (χ4n) is 4.60. The first-order valence-electron chi connectivity index (χ1n) is 12.7. The minimum atomic E-state index is -4.62. The Hall–Kier alpha value is -3.77. The van der Waals surface area contributed by atoms with E-state index in [9.17, 15) is 27.6 Å². The standard InChI is InChI=1S/C26H32F3N5O5/c1-32(2)22(35)15-39-23(36)12-18-10-17-4-5-21(11-19(17)13-34(24(18)37)16-26(27,28)29)38-9-6-20-14-33-8-3-7-30-25(33)31-20/h4-5,11,14,18H,3,6-10,12-13,15-16H2,1-2H3,(H,30,31). The molecule has 1 unspecified atom stereocenters. The monoisotopic (exact) mass is 551 g/mol. The Bertz CT molecular complexity index is 1190. The molecule has 0 aliphatic carbocycles. The maximum absolute atomic E-state index is 13.3. The van der Waals surface area contributed by atoms with Crippen molar-refractivity contribution in [1.82, 2.24) is 19.4 Å². The van der Waals surface area contributed by atoms with Crippen LogP contribution in [0.5, 0.6) is 5.75 Å². The smallest absolute Gasteiger partial charge is 0.406 e. The Morgan fingerprint density at radius 1 is 1.23 bits per heavy atom. The molecule has 2 aliphatic rings. The number of hydrogen-bond donors (Lipinski definition) is 1. The highest BCUT2D eigenvalue weighted by molar-refractivity contribution is 5.86. The molecule has 4 rings (SSSR count). The van der Waals surface area contributed by atoms with E-state index in [0.717, 1.165) is 31.2 Å². The summed E-state index contributed by atoms with van der Waals surface area (Å²) in [6.07, 6.45) is -1.43. The van der Waals surface area contributed by atoms with Crippen LogP contribution in [0.15, 0.2) is 24.4 Å². The molecule has 0 radical (unpaired) electrons. The second kappa shape index (κ2) is 12.0. The van der Waals surface area contributed by atoms with E-state index in [1.54, 1.807) is 18.2 Å². The molecule has 0 fully saturated rings. The molecule has 2 aliphatic heterocycles. The van der Waals surface area contributed by atoms with Crippen LogP contribution in [0.1, 0.15) is 29.7 Å². The fraction of sp³-hybridized carbons (Fsp3) is 0.538. The van der Waals surface area contributed by atoms with Crippen LogP contribution in [-0.4, -0.2) is 83.7 Å². The average molecular weight is 552 g/mol. The number of carbonyl (C=O) groups is 3. The molecule has 13 heteroatoms. The molecular formula is C26H32F3N5O5. The molecule has 0 saturated carbocycles. The maximum Gasteiger partial charge on any atom is 0.406 e. The van der Waals surface area contributed by atoms with Crippen molar-refractivity contribution in [2.75, 3.05) is 45.7 Å². The Kier molecular flexibility index (Phi) is 8.66. The van der Waals surface area contributed by atoms with Gasteiger partial charge in [0, 0.05) is 46.3 Å². The van der Waals surface area contributed by atoms with Crippen molar-refractivity contribution in [3.8, 4) is 5.75 Å². The van der Waals surface area contributed by atoms with Crippen molar-refractivity contribution < 1.29 is 37.0 Å². The minimum absolute atomic E-state index is 0.0622. The van der Waals surface area contributed by atoms with Crippen molar-refractivity contribution in [2.45, 2.75) is 44.9 Å². The van der Waals surface area contributed by atoms with Gasteiger partial charge in [0.25, 0.3) is 5.91 Å². The second-order valence-electron chi connectivity index (χ2n) is 9.92. The number of imidazole rings is 1. The minimum Gasteiger partial charge on any atom is -0.493 e. The third-order valence-corrected chi connectivity index (χ3v) is 6.62. The number of hydrogen-bond acceptors (Lipinski definition) is 7. The molecule has 0 spiro atoms. The summed E-state index contributed by atoms with van der Waals surface area (Å²) in [6, 6.07) is 5.05. The van der Waals surface area contributed by atoms with Gasteiger partial charge >= 0.3 is 12.1 Å². The molecular weight excluding hydrogens is 519 g/mol. The molecule has 39 heavy (non-hydrogen) atoms. The molecule has 1 aromatic heterocycles. The van der Waals surface area contributed by atoms with E-state index >= 15 is 0 Å². The van der Waals surface area contributed by atoms with E-state index in [-0.39, 0.29) is 13.0 Å². The summed E-state index contributed by atoms with van der Waals surface area (Å²) in [6.45, 7) is -0.112. The van der Waals surface area contributed by atoms with Crippen molar-refractivity contribution >= 4 is 23.7 Å². The number of amides is 2. The summed E-state index contributed by atoms with van der Waals surface area (Å²) in [5.74, 6) is -1.82. The van der Waals surface area contributed by atoms with Crippen LogP contribution in [0.4, 0.5) is 19.1 Å². The number of halogens is 3. The van der Waals surface area contributed by atoms with E-state index < -0.39 is 49.5 Å². The highest BCUT2D eigenvalue weighted by Gasteiger charge is 2.38. The zero-order valence-corrected chi connectivity index (χ0v) is 21.9. The van der Waals surface area contributed by atoms with Crippen LogP contribution < -0.4 is 10.1 Å². The summed E-state index contributed by atoms with van der Waals surface area (Å²) >= 11 is 0. The van der Waals surface area contributed by atoms with Gasteiger partial charge in [0.15, 0.2) is 6.61 Å². The molecule has 1 aromatic carbocycles. The van der Waals surface area contributed by atoms with E-state index in [4.69, 9.17) is 9.47 Å². The van der Waals surface area contributed by atoms with Crippen LogP contribution in [0.3, 0.4) is 0 Å². The molecule has 10 nitrogen and oxygen atoms in total. The molecule has 0 saturated heterocycles. The lowest BCUT2D eigenvalue weighted by atomic mass is 9.94. The number of ether oxygens (including phenoxy) is 2. The van der Waals surface area contributed by atoms with Crippen molar-refractivity contribution in [3.63, 3.8) is 0 Å². The molecule has 2 aromatic rings. The highest BCUT2D eigenvalue weighted by Crippen LogP contribution is 2.30. The van der Waals surface area contributed by atoms with Crippen LogP contribution in [0.25, 0.3) is 0 Å². The van der Waals surface area contributed by atoms with Gasteiger partial charge in [0.2, 0.25) is 11.9 Å². The van der Waals surface area contributed by atoms with E-state index in [1.165, 1.54) is 19.0 Å². The summed E-state index contributed by atoms with van der Waals surface area (Å²) in [7, 11) is 2.99. The van der Waals surface area contributed by atoms with Crippen LogP contribution in [-0.2, 0) is 45.1 Å². The SMILES string of the molecule is CN(C)C(=O)COC(=O)CC1Cc2ccc(OCCc3cn4c(n3)NCCC4)cc2CN(CC(F)(F)F)C1=O. The van der Waals surface area contributed by atoms with Crippen LogP contribution in [0, 0.1) is 5.92 Å². The topological polar surface area (TPSA) is 106 Å². The Morgan fingerprint density at radius 3 is 2.74 bits per heavy atom. The lowest BCUT2D eigenvalue weighted by Crippen LogP contribution is -2.41. The first-order valence-corrected chi connectivity index (χ1v) is 12.7. The number of rotatable bonds is 9. The highest BCUT2D eigenvalue weighted by atomic mass is 19.4. The number of anilines is 1. The zero-order chi connectivity index (χ0) is 28.2. The third-order valence-electron chi connectivity index (χ3n) is 6.62. The van der Waals surface area contributed by atoms with Gasteiger partial charge in [0.1, 0.15) is 12.3 Å². The Morgan fingerprint density at radius 2 is 2.03 bits per heavy atom. The van der Waals surface area contributed by atoms with Gasteiger partial charge < -0.3 is 29.2 Å². The second-order valence-corrected chi connectivity index (χ2v) is 9.92. The number of nitrogens with zero attached hydrogens (tertiary/aromatic N) is 4. The Labute approximate surface area is 224 Å². The lowest BCUT2D eigenvalue weighted by Gasteiger charge is -2.25. The summed E-state index contributed by atoms with van der Waals surface area (Å²) in [5.41, 5.74) is 2.04. The number of fused-ring (bicyclic) bond motifs is 2. The van der Waals surface area contributed by atoms with Crippen molar-refractivity contribution in [3.05, 3.63) is 41.2 Å². The van der Waals surface area contributed by atoms with Crippen LogP contribution >= 0.6 is 0 Å². The molecule has 1 atom stereocenters. The van der Waals surface area contributed by atoms with Gasteiger partial charge in [-0.25, -0.2) is 4.98 Å². The molecule has 1 N–H and O–H groups in total. The summed E-state index contributed by atoms with van der Waals surface area (Å²) in [4.78, 5) is 43.6. The van der Waals surface area contributed by atoms with Gasteiger partial charge in [-0.3, -0.25) is 14.4 Å². The Balaban J connectivity index is 1.43. The molecule has 2 amide bonds. The van der Waals surface area contributed by atoms with Gasteiger partial charge in [-0.1, -0.05) is 6.07 Å². The van der Waals surface area contributed by atoms with Gasteiger partial charge in [0.05, 0.1) is 24.6 Å². The molecule has 3 heterocycles. The van der Waals surface area contributed by atoms with Crippen molar-refractivity contribution in [1.29, 1.82) is 0 Å². The van der Waals surface area contributed by atoms with Crippen molar-refractivity contribution in [2.24, 2.45) is 5.92 Å². The zero-order valence-electron chi connectivity index (χ0n) is 21.9. The van der Waals surface area contributed by atoms with Gasteiger partial charge in [-0.05, 0) is 36.1 Å². The fourth-order valence-corrected chi connectivity index (χ4v) is 4.60. The van der Waals surface area contributed by atoms with E-state index in [2.05, 4.69) is 14.9 Å². The maximum atomic E-state index is 13.3. The number of nitrogens with one attached hydrogen (secondary N) is 1. The van der Waals surface area contributed by atoms with Gasteiger partial charge in [-0.15, -0.1) is 0 Å². The average Bonchev–Trinajstić information content (AvgIpc) is 3.24. The number of benzene rings is 1. The largest absolute Gasteiger partial charge is 0.493 e. The number of likely N-dealkylation sites (N-methyl/N-ethyl adjacent to an activating group) is 1. The number of carbonyl (C=O) groups excluding carboxylic acids is 3. The van der Waals surface area contributed by atoms with E-state index in [1.807, 2.05) is 6.20 Å². The third kappa shape index (κ3) is 7.64. The lowest BCUT2D eigenvalue weighted by molar-refractivity contribution is -0.166. The quantitative estimate of drug-likeness (QED) is 0.477. The van der Waals surface area contributed by atoms with Crippen LogP contribution in [0.2, 0.25) is 0 Å². The number of esters is 1. The normalized spacial score (nSPS) is 17.0. The predicted molar refractivity (Wildman–Crippen MR) is 134 cm³/mol. The number of alkyl halides is 3. The summed E-state index contributed by atoms with van der Waals surface area (Å²) in [5, 5.41) is 3.24. The van der Waals surface area contributed by atoms with E-state index in [0.29, 0.717) is 34.8 Å². The predicted octanol–water partition coefficient (Wildman–Crippen LogP) is 2.40. The van der Waals surface area contributed by atoms with Gasteiger partial charge in [-0.2, -0.15) is 13.2 Å². The summed E-state index contributed by atoms with van der Waals surface area (Å²) < 4.78 is 52.9. The first kappa shape index (κ1) is 28.2.